The van der Waals surface area contributed by atoms with Gasteiger partial charge in [-0.15, -0.1) is 0 Å². The van der Waals surface area contributed by atoms with Gasteiger partial charge in [-0.05, 0) is 19.3 Å². The molecule has 2 rings (SSSR count). The van der Waals surface area contributed by atoms with Crippen molar-refractivity contribution in [2.24, 2.45) is 5.41 Å². The lowest BCUT2D eigenvalue weighted by Gasteiger charge is -2.39. The molecular weight excluding hydrogens is 136 g/mol. The highest BCUT2D eigenvalue weighted by molar-refractivity contribution is 5.90. The van der Waals surface area contributed by atoms with E-state index in [4.69, 9.17) is 5.53 Å². The monoisotopic (exact) mass is 150 g/mol. The molecule has 0 N–H and O–H groups in total. The zero-order valence-electron chi connectivity index (χ0n) is 6.84. The summed E-state index contributed by atoms with van der Waals surface area (Å²) in [4.78, 5) is 3.39. The Morgan fingerprint density at radius 1 is 1.09 bits per heavy atom. The molecule has 0 amide bonds. The van der Waals surface area contributed by atoms with E-state index < -0.39 is 0 Å². The van der Waals surface area contributed by atoms with Crippen LogP contribution in [0.3, 0.4) is 0 Å². The van der Waals surface area contributed by atoms with Crippen molar-refractivity contribution < 1.29 is 4.79 Å². The Labute approximate surface area is 67.2 Å². The van der Waals surface area contributed by atoms with Gasteiger partial charge in [0, 0.05) is 6.42 Å². The van der Waals surface area contributed by atoms with Crippen molar-refractivity contribution in [3.05, 3.63) is 5.53 Å². The van der Waals surface area contributed by atoms with Crippen molar-refractivity contribution in [2.75, 3.05) is 0 Å². The smallest absolute Gasteiger partial charge is 0.274 e. The van der Waals surface area contributed by atoms with E-state index in [1.807, 2.05) is 0 Å². The molecule has 0 aromatic rings. The summed E-state index contributed by atoms with van der Waals surface area (Å²) in [5.74, 6) is 0. The van der Waals surface area contributed by atoms with Gasteiger partial charge in [0.15, 0.2) is 0 Å². The first-order valence-corrected chi connectivity index (χ1v) is 4.59. The first kappa shape index (κ1) is 7.05. The maximum Gasteiger partial charge on any atom is 0.274 e. The fourth-order valence-electron chi connectivity index (χ4n) is 2.51. The highest BCUT2D eigenvalue weighted by Crippen LogP contribution is 2.48. The Bertz CT molecular complexity index is 208. The van der Waals surface area contributed by atoms with Gasteiger partial charge in [-0.2, -0.15) is 4.79 Å². The van der Waals surface area contributed by atoms with Crippen molar-refractivity contribution in [3.8, 4) is 0 Å². The van der Waals surface area contributed by atoms with E-state index in [-0.39, 0.29) is 0 Å². The maximum absolute atomic E-state index is 8.69. The first-order chi connectivity index (χ1) is 5.37. The second-order valence-electron chi connectivity index (χ2n) is 3.89. The molecule has 0 heterocycles. The van der Waals surface area contributed by atoms with Crippen LogP contribution in [0.25, 0.3) is 5.53 Å². The Kier molecular flexibility index (Phi) is 1.57. The summed E-state index contributed by atoms with van der Waals surface area (Å²) >= 11 is 0. The molecule has 0 aromatic heterocycles. The number of nitrogens with zero attached hydrogens (tertiary/aromatic N) is 2. The predicted molar refractivity (Wildman–Crippen MR) is 43.4 cm³/mol. The largest absolute Gasteiger partial charge is 0.362 e. The Morgan fingerprint density at radius 2 is 1.82 bits per heavy atom. The first-order valence-electron chi connectivity index (χ1n) is 4.59. The summed E-state index contributed by atoms with van der Waals surface area (Å²) < 4.78 is 0. The van der Waals surface area contributed by atoms with Crippen molar-refractivity contribution in [2.45, 2.75) is 44.9 Å². The summed E-state index contributed by atoms with van der Waals surface area (Å²) in [7, 11) is 0. The minimum atomic E-state index is 0.368. The van der Waals surface area contributed by atoms with Crippen LogP contribution in [-0.2, 0) is 0 Å². The lowest BCUT2D eigenvalue weighted by Crippen LogP contribution is -2.42. The highest BCUT2D eigenvalue weighted by Gasteiger charge is 2.50. The third kappa shape index (κ3) is 0.935. The van der Waals surface area contributed by atoms with Crippen LogP contribution in [0.4, 0.5) is 0 Å². The normalized spacial score (nSPS) is 27.8. The Hall–Kier alpha value is -0.620. The minimum absolute atomic E-state index is 0.368. The van der Waals surface area contributed by atoms with Crippen LogP contribution in [0.2, 0.25) is 0 Å². The van der Waals surface area contributed by atoms with E-state index in [1.165, 1.54) is 38.5 Å². The Balaban J connectivity index is 2.15. The maximum atomic E-state index is 8.69. The molecule has 2 fully saturated rings. The van der Waals surface area contributed by atoms with Crippen LogP contribution >= 0.6 is 0 Å². The molecule has 60 valence electrons. The van der Waals surface area contributed by atoms with Gasteiger partial charge in [-0.3, -0.25) is 0 Å². The molecule has 0 bridgehead atoms. The second kappa shape index (κ2) is 2.46. The summed E-state index contributed by atoms with van der Waals surface area (Å²) in [5, 5.41) is 0. The van der Waals surface area contributed by atoms with Gasteiger partial charge in [0.25, 0.3) is 5.71 Å². The van der Waals surface area contributed by atoms with E-state index in [1.54, 1.807) is 0 Å². The summed E-state index contributed by atoms with van der Waals surface area (Å²) in [6.45, 7) is 0. The molecule has 0 atom stereocenters. The molecule has 1 spiro atoms. The molecule has 0 aromatic carbocycles. The van der Waals surface area contributed by atoms with Crippen LogP contribution in [0.5, 0.6) is 0 Å². The van der Waals surface area contributed by atoms with E-state index >= 15 is 0 Å². The molecule has 0 saturated heterocycles. The van der Waals surface area contributed by atoms with E-state index in [0.717, 1.165) is 12.1 Å². The number of rotatable bonds is 0. The summed E-state index contributed by atoms with van der Waals surface area (Å²) in [6, 6.07) is 0. The summed E-state index contributed by atoms with van der Waals surface area (Å²) in [5.41, 5.74) is 10.1. The van der Waals surface area contributed by atoms with Crippen LogP contribution < -0.4 is 0 Å². The predicted octanol–water partition coefficient (Wildman–Crippen LogP) is 2.40. The average molecular weight is 150 g/mol. The standard InChI is InChI=1S/C9H14N2/c10-11-8-4-7-9(8)5-2-1-3-6-9/h1-7H2. The topological polar surface area (TPSA) is 36.4 Å². The molecule has 2 heteroatoms. The average Bonchev–Trinajstić information content (AvgIpc) is 2.05. The molecule has 2 saturated carbocycles. The van der Waals surface area contributed by atoms with Crippen molar-refractivity contribution in [3.63, 3.8) is 0 Å². The molecular formula is C9H14N2. The van der Waals surface area contributed by atoms with Crippen LogP contribution in [-0.4, -0.2) is 10.5 Å². The third-order valence-corrected chi connectivity index (χ3v) is 3.38. The van der Waals surface area contributed by atoms with Gasteiger partial charge in [0.1, 0.15) is 0 Å². The third-order valence-electron chi connectivity index (χ3n) is 3.38. The fraction of sp³-hybridized carbons (Fsp3) is 0.889. The zero-order chi connectivity index (χ0) is 7.73. The lowest BCUT2D eigenvalue weighted by molar-refractivity contribution is -0.0429. The molecule has 2 aliphatic rings. The van der Waals surface area contributed by atoms with Crippen LogP contribution in [0.15, 0.2) is 0 Å². The molecule has 2 aliphatic carbocycles. The van der Waals surface area contributed by atoms with Crippen molar-refractivity contribution in [1.29, 1.82) is 0 Å². The Morgan fingerprint density at radius 3 is 2.27 bits per heavy atom. The van der Waals surface area contributed by atoms with Gasteiger partial charge in [0.2, 0.25) is 0 Å². The van der Waals surface area contributed by atoms with Crippen LogP contribution in [0.1, 0.15) is 44.9 Å². The SMILES string of the molecule is [N-]=[N+]=C1CCC12CCCCC2. The van der Waals surface area contributed by atoms with E-state index in [9.17, 15) is 0 Å². The molecule has 0 aliphatic heterocycles. The summed E-state index contributed by atoms with van der Waals surface area (Å²) in [6.07, 6.45) is 8.89. The quantitative estimate of drug-likeness (QED) is 0.375. The van der Waals surface area contributed by atoms with Crippen molar-refractivity contribution >= 4 is 5.71 Å². The van der Waals surface area contributed by atoms with Crippen molar-refractivity contribution in [1.82, 2.24) is 0 Å². The van der Waals surface area contributed by atoms with Crippen LogP contribution in [0, 0.1) is 5.41 Å². The van der Waals surface area contributed by atoms with Gasteiger partial charge >= 0.3 is 0 Å². The highest BCUT2D eigenvalue weighted by atomic mass is 14.9. The van der Waals surface area contributed by atoms with Gasteiger partial charge in [-0.25, -0.2) is 0 Å². The minimum Gasteiger partial charge on any atom is -0.362 e. The van der Waals surface area contributed by atoms with E-state index in [0.29, 0.717) is 5.41 Å². The molecule has 11 heavy (non-hydrogen) atoms. The second-order valence-corrected chi connectivity index (χ2v) is 3.89. The molecule has 0 radical (unpaired) electrons. The van der Waals surface area contributed by atoms with Gasteiger partial charge < -0.3 is 5.53 Å². The number of hydrogen-bond donors (Lipinski definition) is 0. The fourth-order valence-corrected chi connectivity index (χ4v) is 2.51. The number of hydrogen-bond acceptors (Lipinski definition) is 0. The molecule has 0 unspecified atom stereocenters. The zero-order valence-corrected chi connectivity index (χ0v) is 6.84. The van der Waals surface area contributed by atoms with Gasteiger partial charge in [-0.1, -0.05) is 19.3 Å². The van der Waals surface area contributed by atoms with Gasteiger partial charge in [0.05, 0.1) is 5.41 Å². The molecule has 2 nitrogen and oxygen atoms in total. The van der Waals surface area contributed by atoms with E-state index in [2.05, 4.69) is 4.79 Å². The lowest BCUT2D eigenvalue weighted by atomic mass is 9.59.